The lowest BCUT2D eigenvalue weighted by atomic mass is 9.98. The molecule has 2 aliphatic rings. The van der Waals surface area contributed by atoms with Crippen molar-refractivity contribution in [3.63, 3.8) is 0 Å². The van der Waals surface area contributed by atoms with Gasteiger partial charge in [0.15, 0.2) is 0 Å². The number of fused-ring (bicyclic) bond motifs is 3. The molecule has 1 atom stereocenters. The summed E-state index contributed by atoms with van der Waals surface area (Å²) in [6.45, 7) is 6.93. The Labute approximate surface area is 180 Å². The molecule has 3 amide bonds. The third kappa shape index (κ3) is 3.43. The molecule has 2 aliphatic heterocycles. The normalized spacial score (nSPS) is 20.2. The fourth-order valence-corrected chi connectivity index (χ4v) is 5.13. The van der Waals surface area contributed by atoms with E-state index in [1.165, 1.54) is 0 Å². The Morgan fingerprint density at radius 3 is 2.80 bits per heavy atom. The van der Waals surface area contributed by atoms with E-state index < -0.39 is 5.66 Å². The highest BCUT2D eigenvalue weighted by Gasteiger charge is 2.52. The number of hydrogen-bond donors (Lipinski definition) is 0. The molecule has 4 rings (SSSR count). The summed E-state index contributed by atoms with van der Waals surface area (Å²) in [6.07, 6.45) is 2.87. The van der Waals surface area contributed by atoms with Crippen molar-refractivity contribution in [3.05, 3.63) is 64.9 Å². The molecular weight excluding hydrogens is 398 g/mol. The van der Waals surface area contributed by atoms with Gasteiger partial charge in [-0.2, -0.15) is 0 Å². The molecule has 0 aliphatic carbocycles. The predicted molar refractivity (Wildman–Crippen MR) is 117 cm³/mol. The Morgan fingerprint density at radius 1 is 1.27 bits per heavy atom. The van der Waals surface area contributed by atoms with Crippen molar-refractivity contribution in [2.24, 2.45) is 0 Å². The molecule has 6 nitrogen and oxygen atoms in total. The highest BCUT2D eigenvalue weighted by molar-refractivity contribution is 7.09. The molecule has 0 unspecified atom stereocenters. The van der Waals surface area contributed by atoms with E-state index in [9.17, 15) is 14.4 Å². The van der Waals surface area contributed by atoms with E-state index >= 15 is 0 Å². The Balaban J connectivity index is 1.55. The average Bonchev–Trinajstić information content (AvgIpc) is 3.35. The number of nitrogens with zero attached hydrogens (tertiary/aromatic N) is 3. The Morgan fingerprint density at radius 2 is 2.07 bits per heavy atom. The minimum atomic E-state index is -0.736. The molecule has 0 saturated carbocycles. The van der Waals surface area contributed by atoms with Gasteiger partial charge in [-0.3, -0.25) is 19.3 Å². The maximum atomic E-state index is 13.3. The third-order valence-electron chi connectivity index (χ3n) is 5.92. The summed E-state index contributed by atoms with van der Waals surface area (Å²) >= 11 is 1.61. The van der Waals surface area contributed by atoms with E-state index in [0.29, 0.717) is 37.2 Å². The van der Waals surface area contributed by atoms with Crippen molar-refractivity contribution < 1.29 is 14.4 Å². The molecule has 1 fully saturated rings. The van der Waals surface area contributed by atoms with Gasteiger partial charge in [0.05, 0.1) is 17.8 Å². The van der Waals surface area contributed by atoms with Gasteiger partial charge in [0.1, 0.15) is 5.66 Å². The van der Waals surface area contributed by atoms with Crippen molar-refractivity contribution in [1.29, 1.82) is 0 Å². The van der Waals surface area contributed by atoms with Crippen LogP contribution >= 0.6 is 11.3 Å². The smallest absolute Gasteiger partial charge is 0.257 e. The molecule has 0 spiro atoms. The van der Waals surface area contributed by atoms with Gasteiger partial charge in [0.2, 0.25) is 11.8 Å². The van der Waals surface area contributed by atoms with Gasteiger partial charge in [0.25, 0.3) is 5.91 Å². The number of para-hydroxylation sites is 1. The summed E-state index contributed by atoms with van der Waals surface area (Å²) in [7, 11) is 0. The summed E-state index contributed by atoms with van der Waals surface area (Å²) in [5, 5.41) is 1.99. The van der Waals surface area contributed by atoms with E-state index in [4.69, 9.17) is 0 Å². The van der Waals surface area contributed by atoms with E-state index in [2.05, 4.69) is 6.58 Å². The lowest BCUT2D eigenvalue weighted by molar-refractivity contribution is -0.131. The van der Waals surface area contributed by atoms with Crippen LogP contribution in [-0.4, -0.2) is 46.3 Å². The SMILES string of the molecule is C=CCN(Cc1cccs1)C(=O)CCN1C(=O)c2ccccc2N2C(=O)CC[C@@]12C. The number of rotatable bonds is 7. The van der Waals surface area contributed by atoms with Crippen LogP contribution in [0.4, 0.5) is 5.69 Å². The highest BCUT2D eigenvalue weighted by atomic mass is 32.1. The Kier molecular flexibility index (Phi) is 5.47. The molecule has 2 aromatic rings. The second kappa shape index (κ2) is 8.07. The molecule has 3 heterocycles. The molecule has 1 aromatic carbocycles. The first-order chi connectivity index (χ1) is 14.5. The molecule has 0 radical (unpaired) electrons. The van der Waals surface area contributed by atoms with Gasteiger partial charge < -0.3 is 9.80 Å². The van der Waals surface area contributed by atoms with E-state index in [1.807, 2.05) is 36.6 Å². The monoisotopic (exact) mass is 423 g/mol. The van der Waals surface area contributed by atoms with Crippen LogP contribution in [0.25, 0.3) is 0 Å². The topological polar surface area (TPSA) is 60.9 Å². The largest absolute Gasteiger partial charge is 0.334 e. The lowest BCUT2D eigenvalue weighted by Gasteiger charge is -2.48. The Hall–Kier alpha value is -2.93. The first kappa shape index (κ1) is 20.3. The summed E-state index contributed by atoms with van der Waals surface area (Å²) in [5.74, 6) is -0.144. The van der Waals surface area contributed by atoms with E-state index in [1.54, 1.807) is 44.2 Å². The van der Waals surface area contributed by atoms with Crippen LogP contribution in [0.3, 0.4) is 0 Å². The number of amides is 3. The second-order valence-corrected chi connectivity index (χ2v) is 8.84. The minimum Gasteiger partial charge on any atom is -0.334 e. The van der Waals surface area contributed by atoms with Crippen LogP contribution in [0.2, 0.25) is 0 Å². The van der Waals surface area contributed by atoms with Gasteiger partial charge in [-0.1, -0.05) is 24.3 Å². The summed E-state index contributed by atoms with van der Waals surface area (Å²) < 4.78 is 0. The van der Waals surface area contributed by atoms with Gasteiger partial charge in [-0.05, 0) is 36.9 Å². The van der Waals surface area contributed by atoms with E-state index in [0.717, 1.165) is 4.88 Å². The fourth-order valence-electron chi connectivity index (χ4n) is 4.41. The zero-order valence-electron chi connectivity index (χ0n) is 17.0. The number of hydrogen-bond acceptors (Lipinski definition) is 4. The van der Waals surface area contributed by atoms with Crippen molar-refractivity contribution in [3.8, 4) is 0 Å². The van der Waals surface area contributed by atoms with Crippen molar-refractivity contribution in [2.75, 3.05) is 18.0 Å². The maximum Gasteiger partial charge on any atom is 0.257 e. The Bertz CT molecular complexity index is 987. The quantitative estimate of drug-likeness (QED) is 0.639. The molecular formula is C23H25N3O3S. The molecule has 0 bridgehead atoms. The first-order valence-corrected chi connectivity index (χ1v) is 11.0. The van der Waals surface area contributed by atoms with Gasteiger partial charge in [-0.15, -0.1) is 17.9 Å². The molecule has 7 heteroatoms. The van der Waals surface area contributed by atoms with E-state index in [-0.39, 0.29) is 30.7 Å². The molecule has 0 N–H and O–H groups in total. The summed E-state index contributed by atoms with van der Waals surface area (Å²) in [6, 6.07) is 11.2. The van der Waals surface area contributed by atoms with Gasteiger partial charge in [-0.25, -0.2) is 0 Å². The number of carbonyl (C=O) groups is 3. The summed E-state index contributed by atoms with van der Waals surface area (Å²) in [4.78, 5) is 45.2. The first-order valence-electron chi connectivity index (χ1n) is 10.1. The highest BCUT2D eigenvalue weighted by Crippen LogP contribution is 2.43. The van der Waals surface area contributed by atoms with Crippen molar-refractivity contribution in [1.82, 2.24) is 9.80 Å². The number of carbonyl (C=O) groups excluding carboxylic acids is 3. The van der Waals surface area contributed by atoms with Crippen molar-refractivity contribution >= 4 is 34.7 Å². The standard InChI is InChI=1S/C23H25N3O3S/c1-3-13-24(16-17-7-6-15-30-17)20(27)11-14-25-22(29)18-8-4-5-9-19(18)26-21(28)10-12-23(25,26)2/h3-9,15H,1,10-14,16H2,2H3/t23-/m0/s1. The average molecular weight is 424 g/mol. The predicted octanol–water partition coefficient (Wildman–Crippen LogP) is 3.65. The van der Waals surface area contributed by atoms with Crippen LogP contribution in [-0.2, 0) is 16.1 Å². The molecule has 1 saturated heterocycles. The number of benzene rings is 1. The molecule has 30 heavy (non-hydrogen) atoms. The van der Waals surface area contributed by atoms with Crippen molar-refractivity contribution in [2.45, 2.75) is 38.4 Å². The van der Waals surface area contributed by atoms with Gasteiger partial charge >= 0.3 is 0 Å². The number of thiophene rings is 1. The maximum absolute atomic E-state index is 13.3. The summed E-state index contributed by atoms with van der Waals surface area (Å²) in [5.41, 5.74) is 0.445. The van der Waals surface area contributed by atoms with Crippen LogP contribution in [0.1, 0.15) is 41.4 Å². The molecule has 1 aromatic heterocycles. The van der Waals surface area contributed by atoms with Crippen LogP contribution in [0.15, 0.2) is 54.4 Å². The fraction of sp³-hybridized carbons (Fsp3) is 0.348. The zero-order valence-corrected chi connectivity index (χ0v) is 17.9. The zero-order chi connectivity index (χ0) is 21.3. The van der Waals surface area contributed by atoms with Crippen LogP contribution < -0.4 is 4.90 Å². The van der Waals surface area contributed by atoms with Gasteiger partial charge in [0, 0.05) is 30.8 Å². The third-order valence-corrected chi connectivity index (χ3v) is 6.79. The van der Waals surface area contributed by atoms with Crippen LogP contribution in [0.5, 0.6) is 0 Å². The molecule has 156 valence electrons. The lowest BCUT2D eigenvalue weighted by Crippen LogP contribution is -2.62. The van der Waals surface area contributed by atoms with Crippen LogP contribution in [0, 0.1) is 0 Å². The second-order valence-electron chi connectivity index (χ2n) is 7.81. The number of anilines is 1. The minimum absolute atomic E-state index is 0.0137.